The molecule has 3 atom stereocenters. The molecular weight excluding hydrogens is 1100 g/mol. The molecule has 0 fully saturated rings. The summed E-state index contributed by atoms with van der Waals surface area (Å²) in [6.45, 7) is 4.90. The molecule has 0 aromatic rings. The van der Waals surface area contributed by atoms with Crippen LogP contribution in [0.25, 0.3) is 0 Å². The minimum atomic E-state index is -4.35. The standard InChI is InChI=1S/C79H159N2O6P/c1-6-8-10-12-14-16-18-20-22-24-26-28-30-32-34-35-36-37-38-39-40-41-42-43-44-45-46-47-49-51-53-55-57-59-61-63-65-67-69-71-73-79(83)80-77(76-87-88(84,85)86-75-74-81(3,4)5)78(82)72-70-68-66-64-62-60-58-56-54-52-50-48-33-31-29-27-25-23-21-19-17-15-13-11-9-7-2/h70,72,77-78,82H,6-69,71,73-76H2,1-5H3,(H-,80,83,84,85)/p+1/b72-70+. The van der Waals surface area contributed by atoms with E-state index >= 15 is 0 Å². The lowest BCUT2D eigenvalue weighted by atomic mass is 10.0. The highest BCUT2D eigenvalue weighted by Gasteiger charge is 2.28. The number of rotatable bonds is 76. The van der Waals surface area contributed by atoms with E-state index in [0.717, 1.165) is 32.1 Å². The van der Waals surface area contributed by atoms with Crippen LogP contribution in [0, 0.1) is 0 Å². The van der Waals surface area contributed by atoms with E-state index in [-0.39, 0.29) is 19.1 Å². The number of amides is 1. The van der Waals surface area contributed by atoms with Crippen molar-refractivity contribution in [3.05, 3.63) is 12.2 Å². The molecule has 0 bridgehead atoms. The van der Waals surface area contributed by atoms with Gasteiger partial charge in [0.15, 0.2) is 0 Å². The molecule has 0 spiro atoms. The molecule has 1 amide bonds. The number of aliphatic hydroxyl groups excluding tert-OH is 1. The van der Waals surface area contributed by atoms with Crippen LogP contribution in [0.2, 0.25) is 0 Å². The summed E-state index contributed by atoms with van der Waals surface area (Å²) in [7, 11) is 1.60. The molecule has 0 saturated heterocycles. The van der Waals surface area contributed by atoms with Gasteiger partial charge in [-0.25, -0.2) is 4.57 Å². The SMILES string of the molecule is CCCCCCCCCCCCCCCCCCCCCCCCCC/C=C/C(O)C(COP(=O)(O)OCC[N+](C)(C)C)NC(=O)CCCCCCCCCCCCCCCCCCCCCCCCCCCCCCCCCCCCCCCCCC. The van der Waals surface area contributed by atoms with E-state index in [1.54, 1.807) is 6.08 Å². The quantitative estimate of drug-likeness (QED) is 0.0243. The zero-order valence-corrected chi connectivity index (χ0v) is 61.4. The van der Waals surface area contributed by atoms with E-state index in [4.69, 9.17) is 9.05 Å². The summed E-state index contributed by atoms with van der Waals surface area (Å²) in [5.41, 5.74) is 0. The highest BCUT2D eigenvalue weighted by atomic mass is 31.2. The van der Waals surface area contributed by atoms with Crippen molar-refractivity contribution < 1.29 is 32.9 Å². The highest BCUT2D eigenvalue weighted by molar-refractivity contribution is 7.47. The smallest absolute Gasteiger partial charge is 0.387 e. The van der Waals surface area contributed by atoms with Gasteiger partial charge in [0.25, 0.3) is 0 Å². The summed E-state index contributed by atoms with van der Waals surface area (Å²) in [4.78, 5) is 23.5. The van der Waals surface area contributed by atoms with Gasteiger partial charge in [0.2, 0.25) is 5.91 Å². The molecule has 9 heteroatoms. The van der Waals surface area contributed by atoms with Crippen LogP contribution in [0.4, 0.5) is 0 Å². The van der Waals surface area contributed by atoms with Crippen LogP contribution in [-0.2, 0) is 18.4 Å². The van der Waals surface area contributed by atoms with Crippen molar-refractivity contribution in [3.8, 4) is 0 Å². The summed E-state index contributed by atoms with van der Waals surface area (Å²) in [6, 6.07) is -0.844. The molecule has 0 radical (unpaired) electrons. The summed E-state index contributed by atoms with van der Waals surface area (Å²) in [6.07, 6.45) is 92.7. The minimum Gasteiger partial charge on any atom is -0.387 e. The normalized spacial score (nSPS) is 13.5. The molecule has 0 rings (SSSR count). The molecule has 0 aromatic heterocycles. The van der Waals surface area contributed by atoms with Crippen LogP contribution in [0.3, 0.4) is 0 Å². The Morgan fingerprint density at radius 3 is 0.841 bits per heavy atom. The van der Waals surface area contributed by atoms with Crippen molar-refractivity contribution in [2.24, 2.45) is 0 Å². The van der Waals surface area contributed by atoms with E-state index < -0.39 is 20.0 Å². The lowest BCUT2D eigenvalue weighted by molar-refractivity contribution is -0.870. The Bertz CT molecular complexity index is 1440. The molecule has 0 aromatic carbocycles. The van der Waals surface area contributed by atoms with Crippen molar-refractivity contribution in [1.29, 1.82) is 0 Å². The summed E-state index contributed by atoms with van der Waals surface area (Å²) < 4.78 is 23.9. The van der Waals surface area contributed by atoms with Crippen molar-refractivity contribution in [1.82, 2.24) is 5.32 Å². The van der Waals surface area contributed by atoms with Crippen LogP contribution >= 0.6 is 7.82 Å². The Hall–Kier alpha value is -0.760. The molecule has 8 nitrogen and oxygen atoms in total. The number of quaternary nitrogens is 1. The first kappa shape index (κ1) is 87.2. The number of phosphoric acid groups is 1. The lowest BCUT2D eigenvalue weighted by Crippen LogP contribution is -2.45. The molecule has 88 heavy (non-hydrogen) atoms. The van der Waals surface area contributed by atoms with Crippen LogP contribution in [0.5, 0.6) is 0 Å². The van der Waals surface area contributed by atoms with Gasteiger partial charge in [0.1, 0.15) is 13.2 Å². The van der Waals surface area contributed by atoms with Crippen molar-refractivity contribution in [3.63, 3.8) is 0 Å². The molecule has 0 aliphatic rings. The Kier molecular flexibility index (Phi) is 69.9. The molecule has 526 valence electrons. The number of nitrogens with one attached hydrogen (secondary N) is 1. The van der Waals surface area contributed by atoms with Crippen LogP contribution < -0.4 is 5.32 Å². The number of nitrogens with zero attached hydrogens (tertiary/aromatic N) is 1. The highest BCUT2D eigenvalue weighted by Crippen LogP contribution is 2.43. The Morgan fingerprint density at radius 2 is 0.602 bits per heavy atom. The second kappa shape index (κ2) is 70.6. The number of allylic oxidation sites excluding steroid dienone is 1. The average Bonchev–Trinajstić information content (AvgIpc) is 3.70. The largest absolute Gasteiger partial charge is 0.472 e. The van der Waals surface area contributed by atoms with E-state index in [1.807, 2.05) is 27.2 Å². The van der Waals surface area contributed by atoms with Crippen LogP contribution in [0.1, 0.15) is 438 Å². The van der Waals surface area contributed by atoms with Crippen molar-refractivity contribution in [2.45, 2.75) is 450 Å². The maximum absolute atomic E-state index is 13.1. The average molecular weight is 1270 g/mol. The third-order valence-electron chi connectivity index (χ3n) is 19.0. The van der Waals surface area contributed by atoms with E-state index in [9.17, 15) is 19.4 Å². The van der Waals surface area contributed by atoms with Gasteiger partial charge in [-0.1, -0.05) is 424 Å². The van der Waals surface area contributed by atoms with Gasteiger partial charge in [-0.05, 0) is 19.3 Å². The maximum atomic E-state index is 13.1. The number of aliphatic hydroxyl groups is 1. The molecule has 0 saturated carbocycles. The molecule has 0 aliphatic carbocycles. The van der Waals surface area contributed by atoms with Gasteiger partial charge in [-0.15, -0.1) is 0 Å². The summed E-state index contributed by atoms with van der Waals surface area (Å²) >= 11 is 0. The first-order valence-corrected chi connectivity index (χ1v) is 41.6. The summed E-state index contributed by atoms with van der Waals surface area (Å²) in [5, 5.41) is 14.1. The number of hydrogen-bond donors (Lipinski definition) is 3. The summed E-state index contributed by atoms with van der Waals surface area (Å²) in [5.74, 6) is -0.165. The fourth-order valence-corrected chi connectivity index (χ4v) is 13.6. The number of unbranched alkanes of at least 4 members (excludes halogenated alkanes) is 63. The Labute approximate surface area is 552 Å². The van der Waals surface area contributed by atoms with Crippen LogP contribution in [-0.4, -0.2) is 73.4 Å². The predicted molar refractivity (Wildman–Crippen MR) is 388 cm³/mol. The van der Waals surface area contributed by atoms with Crippen molar-refractivity contribution >= 4 is 13.7 Å². The number of carbonyl (C=O) groups is 1. The Morgan fingerprint density at radius 1 is 0.375 bits per heavy atom. The van der Waals surface area contributed by atoms with Gasteiger partial charge >= 0.3 is 7.82 Å². The molecule has 3 unspecified atom stereocenters. The topological polar surface area (TPSA) is 105 Å². The second-order valence-corrected chi connectivity index (χ2v) is 30.6. The van der Waals surface area contributed by atoms with Gasteiger partial charge in [-0.3, -0.25) is 13.8 Å². The third-order valence-corrected chi connectivity index (χ3v) is 20.0. The zero-order valence-electron chi connectivity index (χ0n) is 60.5. The zero-order chi connectivity index (χ0) is 64.1. The van der Waals surface area contributed by atoms with E-state index in [2.05, 4.69) is 19.2 Å². The minimum absolute atomic E-state index is 0.0656. The number of phosphoric ester groups is 1. The van der Waals surface area contributed by atoms with Gasteiger partial charge in [0, 0.05) is 6.42 Å². The number of carbonyl (C=O) groups excluding carboxylic acids is 1. The predicted octanol–water partition coefficient (Wildman–Crippen LogP) is 26.0. The van der Waals surface area contributed by atoms with Crippen LogP contribution in [0.15, 0.2) is 12.2 Å². The third kappa shape index (κ3) is 72.7. The van der Waals surface area contributed by atoms with Gasteiger partial charge in [-0.2, -0.15) is 0 Å². The molecule has 3 N–H and O–H groups in total. The fourth-order valence-electron chi connectivity index (χ4n) is 12.8. The molecule has 0 heterocycles. The van der Waals surface area contributed by atoms with Gasteiger partial charge < -0.3 is 19.8 Å². The monoisotopic (exact) mass is 1260 g/mol. The number of hydrogen-bond acceptors (Lipinski definition) is 5. The van der Waals surface area contributed by atoms with Crippen molar-refractivity contribution in [2.75, 3.05) is 40.9 Å². The first-order valence-electron chi connectivity index (χ1n) is 40.1. The number of likely N-dealkylation sites (N-methyl/N-ethyl adjacent to an activating group) is 1. The molecular formula is C79H160N2O6P+. The lowest BCUT2D eigenvalue weighted by Gasteiger charge is -2.25. The first-order chi connectivity index (χ1) is 43.0. The van der Waals surface area contributed by atoms with E-state index in [0.29, 0.717) is 17.4 Å². The van der Waals surface area contributed by atoms with E-state index in [1.165, 1.54) is 385 Å². The maximum Gasteiger partial charge on any atom is 0.472 e. The second-order valence-electron chi connectivity index (χ2n) is 29.2. The fraction of sp³-hybridized carbons (Fsp3) is 0.962. The van der Waals surface area contributed by atoms with Gasteiger partial charge in [0.05, 0.1) is 39.9 Å². The Balaban J connectivity index is 3.88. The molecule has 0 aliphatic heterocycles.